The molecule has 0 bridgehead atoms. The van der Waals surface area contributed by atoms with Gasteiger partial charge in [0.25, 0.3) is 0 Å². The summed E-state index contributed by atoms with van der Waals surface area (Å²) in [5, 5.41) is 13.1. The van der Waals surface area contributed by atoms with Crippen molar-refractivity contribution in [1.82, 2.24) is 14.8 Å². The molecule has 1 aliphatic carbocycles. The molecular formula is C16H16F2N4O. The molecule has 0 atom stereocenters. The zero-order valence-corrected chi connectivity index (χ0v) is 12.5. The van der Waals surface area contributed by atoms with E-state index in [1.807, 2.05) is 6.07 Å². The number of ether oxygens (including phenoxy) is 1. The summed E-state index contributed by atoms with van der Waals surface area (Å²) in [5.41, 5.74) is 0.478. The van der Waals surface area contributed by atoms with E-state index >= 15 is 0 Å². The van der Waals surface area contributed by atoms with Crippen molar-refractivity contribution < 1.29 is 13.5 Å². The Bertz CT molecular complexity index is 713. The molecule has 0 unspecified atom stereocenters. The molecule has 2 heterocycles. The van der Waals surface area contributed by atoms with Gasteiger partial charge < -0.3 is 4.74 Å². The van der Waals surface area contributed by atoms with Gasteiger partial charge in [-0.3, -0.25) is 0 Å². The lowest BCUT2D eigenvalue weighted by Crippen LogP contribution is -2.27. The SMILES string of the molecule is N#Cc1ccnc(-n2nccc2OCC2CCC(F)(F)CC2)c1. The van der Waals surface area contributed by atoms with Crippen LogP contribution in [0.3, 0.4) is 0 Å². The Morgan fingerprint density at radius 2 is 2.09 bits per heavy atom. The summed E-state index contributed by atoms with van der Waals surface area (Å²) in [6.45, 7) is 0.375. The van der Waals surface area contributed by atoms with E-state index in [4.69, 9.17) is 10.00 Å². The van der Waals surface area contributed by atoms with Crippen LogP contribution in [0.15, 0.2) is 30.6 Å². The summed E-state index contributed by atoms with van der Waals surface area (Å²) in [4.78, 5) is 4.17. The average Bonchev–Trinajstić information content (AvgIpc) is 3.02. The predicted molar refractivity (Wildman–Crippen MR) is 78.5 cm³/mol. The van der Waals surface area contributed by atoms with Gasteiger partial charge in [0.2, 0.25) is 11.8 Å². The minimum atomic E-state index is -2.53. The number of rotatable bonds is 4. The Balaban J connectivity index is 1.66. The van der Waals surface area contributed by atoms with E-state index < -0.39 is 5.92 Å². The van der Waals surface area contributed by atoms with E-state index in [1.54, 1.807) is 24.4 Å². The first-order chi connectivity index (χ1) is 11.1. The third-order valence-corrected chi connectivity index (χ3v) is 4.00. The highest BCUT2D eigenvalue weighted by molar-refractivity contribution is 5.36. The maximum atomic E-state index is 13.2. The first-order valence-corrected chi connectivity index (χ1v) is 7.48. The molecule has 7 heteroatoms. The molecule has 3 rings (SSSR count). The van der Waals surface area contributed by atoms with Crippen LogP contribution in [0.2, 0.25) is 0 Å². The lowest BCUT2D eigenvalue weighted by molar-refractivity contribution is -0.0500. The van der Waals surface area contributed by atoms with Crippen LogP contribution in [0.5, 0.6) is 5.88 Å². The number of alkyl halides is 2. The molecule has 1 saturated carbocycles. The molecule has 0 N–H and O–H groups in total. The van der Waals surface area contributed by atoms with Gasteiger partial charge in [-0.15, -0.1) is 0 Å². The Morgan fingerprint density at radius 3 is 2.83 bits per heavy atom. The highest BCUT2D eigenvalue weighted by atomic mass is 19.3. The van der Waals surface area contributed by atoms with Crippen molar-refractivity contribution in [2.24, 2.45) is 5.92 Å². The van der Waals surface area contributed by atoms with Crippen molar-refractivity contribution in [3.05, 3.63) is 36.2 Å². The zero-order chi connectivity index (χ0) is 16.3. The van der Waals surface area contributed by atoms with Crippen LogP contribution < -0.4 is 4.74 Å². The van der Waals surface area contributed by atoms with Crippen LogP contribution >= 0.6 is 0 Å². The molecule has 0 aromatic carbocycles. The summed E-state index contributed by atoms with van der Waals surface area (Å²) < 4.78 is 33.6. The Morgan fingerprint density at radius 1 is 1.30 bits per heavy atom. The molecule has 5 nitrogen and oxygen atoms in total. The second kappa shape index (κ2) is 6.32. The zero-order valence-electron chi connectivity index (χ0n) is 12.5. The normalized spacial score (nSPS) is 17.6. The minimum absolute atomic E-state index is 0.0773. The smallest absolute Gasteiger partial charge is 0.248 e. The van der Waals surface area contributed by atoms with Crippen LogP contribution in [0, 0.1) is 17.2 Å². The number of hydrogen-bond acceptors (Lipinski definition) is 4. The van der Waals surface area contributed by atoms with Crippen LogP contribution in [0.25, 0.3) is 5.82 Å². The number of pyridine rings is 1. The second-order valence-electron chi connectivity index (χ2n) is 5.71. The molecule has 1 aliphatic rings. The van der Waals surface area contributed by atoms with E-state index in [-0.39, 0.29) is 18.8 Å². The number of aromatic nitrogens is 3. The highest BCUT2D eigenvalue weighted by Crippen LogP contribution is 2.36. The van der Waals surface area contributed by atoms with E-state index in [0.29, 0.717) is 36.7 Å². The van der Waals surface area contributed by atoms with Gasteiger partial charge in [0, 0.05) is 31.2 Å². The topological polar surface area (TPSA) is 63.7 Å². The van der Waals surface area contributed by atoms with Gasteiger partial charge >= 0.3 is 0 Å². The van der Waals surface area contributed by atoms with Gasteiger partial charge in [-0.2, -0.15) is 15.0 Å². The molecule has 2 aromatic heterocycles. The van der Waals surface area contributed by atoms with Gasteiger partial charge in [-0.1, -0.05) is 0 Å². The Hall–Kier alpha value is -2.49. The van der Waals surface area contributed by atoms with Gasteiger partial charge in [-0.05, 0) is 24.8 Å². The van der Waals surface area contributed by atoms with E-state index in [2.05, 4.69) is 10.1 Å². The molecule has 0 amide bonds. The van der Waals surface area contributed by atoms with E-state index in [0.717, 1.165) is 0 Å². The highest BCUT2D eigenvalue weighted by Gasteiger charge is 2.35. The van der Waals surface area contributed by atoms with Crippen molar-refractivity contribution >= 4 is 0 Å². The van der Waals surface area contributed by atoms with Crippen molar-refractivity contribution in [1.29, 1.82) is 5.26 Å². The maximum absolute atomic E-state index is 13.2. The van der Waals surface area contributed by atoms with Crippen LogP contribution in [-0.4, -0.2) is 27.3 Å². The third-order valence-electron chi connectivity index (χ3n) is 4.00. The molecule has 0 aliphatic heterocycles. The molecule has 0 saturated heterocycles. The summed E-state index contributed by atoms with van der Waals surface area (Å²) >= 11 is 0. The fourth-order valence-corrected chi connectivity index (χ4v) is 2.65. The summed E-state index contributed by atoms with van der Waals surface area (Å²) in [5.74, 6) is -1.43. The Kier molecular flexibility index (Phi) is 4.24. The lowest BCUT2D eigenvalue weighted by atomic mass is 9.87. The van der Waals surface area contributed by atoms with Crippen LogP contribution in [0.1, 0.15) is 31.2 Å². The van der Waals surface area contributed by atoms with Crippen molar-refractivity contribution in [2.75, 3.05) is 6.61 Å². The largest absolute Gasteiger partial charge is 0.477 e. The van der Waals surface area contributed by atoms with Crippen molar-refractivity contribution in [3.8, 4) is 17.8 Å². The first-order valence-electron chi connectivity index (χ1n) is 7.48. The fraction of sp³-hybridized carbons (Fsp3) is 0.438. The van der Waals surface area contributed by atoms with E-state index in [9.17, 15) is 8.78 Å². The lowest BCUT2D eigenvalue weighted by Gasteiger charge is -2.27. The van der Waals surface area contributed by atoms with E-state index in [1.165, 1.54) is 10.9 Å². The minimum Gasteiger partial charge on any atom is -0.477 e. The monoisotopic (exact) mass is 318 g/mol. The Labute approximate surface area is 132 Å². The quantitative estimate of drug-likeness (QED) is 0.867. The molecule has 1 fully saturated rings. The number of hydrogen-bond donors (Lipinski definition) is 0. The molecule has 0 radical (unpaired) electrons. The predicted octanol–water partition coefficient (Wildman–Crippen LogP) is 3.34. The average molecular weight is 318 g/mol. The number of nitrogens with zero attached hydrogens (tertiary/aromatic N) is 4. The van der Waals surface area contributed by atoms with Crippen LogP contribution in [0.4, 0.5) is 8.78 Å². The molecule has 0 spiro atoms. The summed E-state index contributed by atoms with van der Waals surface area (Å²) in [6, 6.07) is 6.96. The summed E-state index contributed by atoms with van der Waals surface area (Å²) in [7, 11) is 0. The van der Waals surface area contributed by atoms with Crippen LogP contribution in [-0.2, 0) is 0 Å². The molecule has 23 heavy (non-hydrogen) atoms. The van der Waals surface area contributed by atoms with Gasteiger partial charge in [0.1, 0.15) is 0 Å². The summed E-state index contributed by atoms with van der Waals surface area (Å²) in [6.07, 6.45) is 3.87. The fourth-order valence-electron chi connectivity index (χ4n) is 2.65. The third kappa shape index (κ3) is 3.65. The second-order valence-corrected chi connectivity index (χ2v) is 5.71. The van der Waals surface area contributed by atoms with Gasteiger partial charge in [0.15, 0.2) is 5.82 Å². The number of nitriles is 1. The molecule has 2 aromatic rings. The van der Waals surface area contributed by atoms with Gasteiger partial charge in [0.05, 0.1) is 24.4 Å². The maximum Gasteiger partial charge on any atom is 0.248 e. The van der Waals surface area contributed by atoms with Crippen molar-refractivity contribution in [2.45, 2.75) is 31.6 Å². The number of halogens is 2. The molecular weight excluding hydrogens is 302 g/mol. The van der Waals surface area contributed by atoms with Gasteiger partial charge in [-0.25, -0.2) is 13.8 Å². The molecule has 120 valence electrons. The first kappa shape index (κ1) is 15.4. The van der Waals surface area contributed by atoms with Crippen molar-refractivity contribution in [3.63, 3.8) is 0 Å². The standard InChI is InChI=1S/C16H16F2N4O/c17-16(18)5-1-12(2-6-16)11-23-15-4-8-21-22(15)14-9-13(10-19)3-7-20-14/h3-4,7-9,12H,1-2,5-6,11H2.